The second kappa shape index (κ2) is 7.57. The Kier molecular flexibility index (Phi) is 5.24. The molecule has 1 N–H and O–H groups in total. The Morgan fingerprint density at radius 2 is 1.76 bits per heavy atom. The number of hydrogen-bond donors (Lipinski definition) is 1. The van der Waals surface area contributed by atoms with Crippen molar-refractivity contribution in [2.75, 3.05) is 19.5 Å². The van der Waals surface area contributed by atoms with Crippen LogP contribution in [0.3, 0.4) is 0 Å². The highest BCUT2D eigenvalue weighted by Crippen LogP contribution is 2.34. The molecule has 0 fully saturated rings. The van der Waals surface area contributed by atoms with E-state index in [-0.39, 0.29) is 0 Å². The van der Waals surface area contributed by atoms with Gasteiger partial charge in [0.2, 0.25) is 0 Å². The molecule has 0 unspecified atom stereocenters. The van der Waals surface area contributed by atoms with Crippen molar-refractivity contribution in [3.63, 3.8) is 0 Å². The average Bonchev–Trinajstić information content (AvgIpc) is 3.10. The summed E-state index contributed by atoms with van der Waals surface area (Å²) in [5.41, 5.74) is 4.24. The summed E-state index contributed by atoms with van der Waals surface area (Å²) in [6.45, 7) is 4.39. The van der Waals surface area contributed by atoms with Crippen molar-refractivity contribution in [2.45, 2.75) is 19.8 Å². The molecule has 0 atom stereocenters. The number of rotatable bonds is 6. The summed E-state index contributed by atoms with van der Waals surface area (Å²) >= 11 is 1.56. The number of anilines is 2. The van der Waals surface area contributed by atoms with Crippen LogP contribution in [0.4, 0.5) is 10.8 Å². The van der Waals surface area contributed by atoms with Gasteiger partial charge in [-0.05, 0) is 23.6 Å². The van der Waals surface area contributed by atoms with Gasteiger partial charge in [0.05, 0.1) is 25.6 Å². The molecule has 0 aliphatic carbocycles. The van der Waals surface area contributed by atoms with Crippen LogP contribution < -0.4 is 14.8 Å². The third-order valence-electron chi connectivity index (χ3n) is 4.03. The van der Waals surface area contributed by atoms with Gasteiger partial charge in [0, 0.05) is 17.0 Å². The molecule has 0 amide bonds. The molecule has 0 aliphatic rings. The zero-order valence-electron chi connectivity index (χ0n) is 14.9. The molecule has 0 bridgehead atoms. The average molecular weight is 354 g/mol. The van der Waals surface area contributed by atoms with Gasteiger partial charge in [-0.1, -0.05) is 38.1 Å². The molecule has 0 spiro atoms. The molecule has 1 aromatic heterocycles. The number of nitrogens with zero attached hydrogens (tertiary/aromatic N) is 1. The molecule has 0 saturated carbocycles. The third-order valence-corrected chi connectivity index (χ3v) is 4.78. The van der Waals surface area contributed by atoms with Crippen molar-refractivity contribution in [1.82, 2.24) is 4.98 Å². The number of aromatic nitrogens is 1. The lowest BCUT2D eigenvalue weighted by atomic mass is 10.0. The number of methoxy groups -OCH3 is 2. The second-order valence-electron chi connectivity index (χ2n) is 6.01. The molecule has 5 heteroatoms. The monoisotopic (exact) mass is 354 g/mol. The minimum Gasteiger partial charge on any atom is -0.497 e. The third kappa shape index (κ3) is 3.94. The molecule has 3 aromatic rings. The zero-order chi connectivity index (χ0) is 17.8. The molecule has 3 rings (SSSR count). The number of thiazole rings is 1. The van der Waals surface area contributed by atoms with Gasteiger partial charge in [0.1, 0.15) is 11.5 Å². The van der Waals surface area contributed by atoms with E-state index in [1.807, 2.05) is 18.2 Å². The van der Waals surface area contributed by atoms with Crippen LogP contribution in [-0.2, 0) is 0 Å². The molecular formula is C20H22N2O2S. The number of hydrogen-bond acceptors (Lipinski definition) is 5. The second-order valence-corrected chi connectivity index (χ2v) is 6.86. The highest BCUT2D eigenvalue weighted by molar-refractivity contribution is 7.14. The van der Waals surface area contributed by atoms with Crippen LogP contribution in [0.15, 0.2) is 47.8 Å². The topological polar surface area (TPSA) is 43.4 Å². The molecule has 0 aliphatic heterocycles. The summed E-state index contributed by atoms with van der Waals surface area (Å²) in [6, 6.07) is 14.2. The standard InChI is InChI=1S/C20H22N2O2S/c1-13(2)14-5-7-15(8-6-14)18-12-25-20(22-18)21-17-11-16(23-3)9-10-19(17)24-4/h5-13H,1-4H3,(H,21,22). The maximum absolute atomic E-state index is 5.40. The highest BCUT2D eigenvalue weighted by Gasteiger charge is 2.10. The summed E-state index contributed by atoms with van der Waals surface area (Å²) in [7, 11) is 3.30. The van der Waals surface area contributed by atoms with Crippen LogP contribution in [0.1, 0.15) is 25.3 Å². The summed E-state index contributed by atoms with van der Waals surface area (Å²) < 4.78 is 10.7. The predicted octanol–water partition coefficient (Wildman–Crippen LogP) is 5.69. The lowest BCUT2D eigenvalue weighted by Crippen LogP contribution is -1.95. The maximum atomic E-state index is 5.40. The summed E-state index contributed by atoms with van der Waals surface area (Å²) in [5.74, 6) is 2.05. The molecule has 0 saturated heterocycles. The van der Waals surface area contributed by atoms with Crippen LogP contribution in [0.25, 0.3) is 11.3 Å². The van der Waals surface area contributed by atoms with Crippen molar-refractivity contribution in [1.29, 1.82) is 0 Å². The van der Waals surface area contributed by atoms with Gasteiger partial charge >= 0.3 is 0 Å². The lowest BCUT2D eigenvalue weighted by Gasteiger charge is -2.10. The van der Waals surface area contributed by atoms with Gasteiger partial charge < -0.3 is 14.8 Å². The lowest BCUT2D eigenvalue weighted by molar-refractivity contribution is 0.405. The van der Waals surface area contributed by atoms with Crippen LogP contribution >= 0.6 is 11.3 Å². The summed E-state index contributed by atoms with van der Waals surface area (Å²) in [4.78, 5) is 4.69. The minimum atomic E-state index is 0.530. The fourth-order valence-electron chi connectivity index (χ4n) is 2.53. The quantitative estimate of drug-likeness (QED) is 0.617. The molecule has 25 heavy (non-hydrogen) atoms. The highest BCUT2D eigenvalue weighted by atomic mass is 32.1. The fraction of sp³-hybridized carbons (Fsp3) is 0.250. The first-order chi connectivity index (χ1) is 12.1. The molecular weight excluding hydrogens is 332 g/mol. The minimum absolute atomic E-state index is 0.530. The largest absolute Gasteiger partial charge is 0.497 e. The van der Waals surface area contributed by atoms with Gasteiger partial charge in [-0.3, -0.25) is 0 Å². The number of benzene rings is 2. The van der Waals surface area contributed by atoms with Crippen molar-refractivity contribution >= 4 is 22.2 Å². The van der Waals surface area contributed by atoms with E-state index < -0.39 is 0 Å². The van der Waals surface area contributed by atoms with E-state index in [4.69, 9.17) is 14.5 Å². The van der Waals surface area contributed by atoms with Crippen molar-refractivity contribution in [2.24, 2.45) is 0 Å². The first kappa shape index (κ1) is 17.3. The molecule has 1 heterocycles. The fourth-order valence-corrected chi connectivity index (χ4v) is 3.26. The van der Waals surface area contributed by atoms with Crippen LogP contribution in [0.5, 0.6) is 11.5 Å². The Bertz CT molecular complexity index is 841. The Balaban J connectivity index is 1.82. The maximum Gasteiger partial charge on any atom is 0.187 e. The van der Waals surface area contributed by atoms with E-state index in [0.29, 0.717) is 5.92 Å². The molecule has 4 nitrogen and oxygen atoms in total. The van der Waals surface area contributed by atoms with Crippen molar-refractivity contribution in [3.8, 4) is 22.8 Å². The number of nitrogens with one attached hydrogen (secondary N) is 1. The van der Waals surface area contributed by atoms with Crippen LogP contribution in [0, 0.1) is 0 Å². The van der Waals surface area contributed by atoms with Crippen molar-refractivity contribution < 1.29 is 9.47 Å². The first-order valence-electron chi connectivity index (χ1n) is 8.15. The summed E-state index contributed by atoms with van der Waals surface area (Å²) in [6.07, 6.45) is 0. The van der Waals surface area contributed by atoms with Crippen molar-refractivity contribution in [3.05, 3.63) is 53.4 Å². The van der Waals surface area contributed by atoms with Gasteiger partial charge in [-0.15, -0.1) is 11.3 Å². The van der Waals surface area contributed by atoms with Gasteiger partial charge in [-0.25, -0.2) is 4.98 Å². The van der Waals surface area contributed by atoms with Crippen LogP contribution in [0.2, 0.25) is 0 Å². The Morgan fingerprint density at radius 3 is 2.40 bits per heavy atom. The number of ether oxygens (including phenoxy) is 2. The zero-order valence-corrected chi connectivity index (χ0v) is 15.7. The van der Waals surface area contributed by atoms with Crippen LogP contribution in [-0.4, -0.2) is 19.2 Å². The van der Waals surface area contributed by atoms with E-state index in [1.165, 1.54) is 5.56 Å². The van der Waals surface area contributed by atoms with E-state index in [9.17, 15) is 0 Å². The van der Waals surface area contributed by atoms with E-state index in [0.717, 1.165) is 33.6 Å². The smallest absolute Gasteiger partial charge is 0.187 e. The molecule has 2 aromatic carbocycles. The van der Waals surface area contributed by atoms with Gasteiger partial charge in [-0.2, -0.15) is 0 Å². The predicted molar refractivity (Wildman–Crippen MR) is 104 cm³/mol. The Morgan fingerprint density at radius 1 is 1.00 bits per heavy atom. The van der Waals surface area contributed by atoms with E-state index in [2.05, 4.69) is 48.8 Å². The molecule has 130 valence electrons. The SMILES string of the molecule is COc1ccc(OC)c(Nc2nc(-c3ccc(C(C)C)cc3)cs2)c1. The molecule has 0 radical (unpaired) electrons. The first-order valence-corrected chi connectivity index (χ1v) is 9.03. The Hall–Kier alpha value is -2.53. The summed E-state index contributed by atoms with van der Waals surface area (Å²) in [5, 5.41) is 6.19. The Labute approximate surface area is 152 Å². The van der Waals surface area contributed by atoms with Gasteiger partial charge in [0.15, 0.2) is 5.13 Å². The normalized spacial score (nSPS) is 10.8. The van der Waals surface area contributed by atoms with E-state index in [1.54, 1.807) is 25.6 Å². The van der Waals surface area contributed by atoms with E-state index >= 15 is 0 Å². The van der Waals surface area contributed by atoms with Gasteiger partial charge in [0.25, 0.3) is 0 Å².